The lowest BCUT2D eigenvalue weighted by atomic mass is 10.2. The molecule has 7 heteroatoms. The molecule has 0 saturated heterocycles. The second-order valence-electron chi connectivity index (χ2n) is 5.98. The molecule has 0 fully saturated rings. The standard InChI is InChI=1S/C18H22N4O3/c1-13(23)19-9-11-25-15-7-5-14(6-8-15)18(24)21-17-12-20-16-4-2-3-10-22(16)17/h5-8,12H,2-4,9-11H2,1H3,(H,19,23)(H,21,24). The summed E-state index contributed by atoms with van der Waals surface area (Å²) in [6.45, 7) is 3.19. The number of anilines is 1. The van der Waals surface area contributed by atoms with Crippen molar-refractivity contribution in [2.24, 2.45) is 0 Å². The molecule has 1 aliphatic rings. The average Bonchev–Trinajstić information content (AvgIpc) is 3.02. The van der Waals surface area contributed by atoms with E-state index in [4.69, 9.17) is 4.74 Å². The fourth-order valence-electron chi connectivity index (χ4n) is 2.80. The van der Waals surface area contributed by atoms with Crippen LogP contribution >= 0.6 is 0 Å². The molecule has 0 spiro atoms. The third kappa shape index (κ3) is 4.37. The van der Waals surface area contributed by atoms with Gasteiger partial charge in [0, 0.05) is 25.5 Å². The van der Waals surface area contributed by atoms with Crippen molar-refractivity contribution in [1.82, 2.24) is 14.9 Å². The Hall–Kier alpha value is -2.83. The number of nitrogens with zero attached hydrogens (tertiary/aromatic N) is 2. The number of ether oxygens (including phenoxy) is 1. The Morgan fingerprint density at radius 2 is 2.04 bits per heavy atom. The molecule has 0 radical (unpaired) electrons. The molecule has 1 aliphatic heterocycles. The lowest BCUT2D eigenvalue weighted by Crippen LogP contribution is -2.25. The van der Waals surface area contributed by atoms with Gasteiger partial charge in [-0.1, -0.05) is 0 Å². The number of amides is 2. The van der Waals surface area contributed by atoms with E-state index in [9.17, 15) is 9.59 Å². The zero-order valence-electron chi connectivity index (χ0n) is 14.2. The van der Waals surface area contributed by atoms with Crippen molar-refractivity contribution in [3.63, 3.8) is 0 Å². The molecule has 132 valence electrons. The molecule has 2 heterocycles. The summed E-state index contributed by atoms with van der Waals surface area (Å²) < 4.78 is 7.58. The number of hydrogen-bond donors (Lipinski definition) is 2. The van der Waals surface area contributed by atoms with Crippen molar-refractivity contribution in [3.8, 4) is 5.75 Å². The number of imidazole rings is 1. The summed E-state index contributed by atoms with van der Waals surface area (Å²) in [5, 5.41) is 5.58. The topological polar surface area (TPSA) is 85.2 Å². The predicted molar refractivity (Wildman–Crippen MR) is 93.7 cm³/mol. The van der Waals surface area contributed by atoms with E-state index in [-0.39, 0.29) is 11.8 Å². The summed E-state index contributed by atoms with van der Waals surface area (Å²) >= 11 is 0. The van der Waals surface area contributed by atoms with Crippen molar-refractivity contribution in [2.45, 2.75) is 32.7 Å². The van der Waals surface area contributed by atoms with Crippen LogP contribution in [0.15, 0.2) is 30.5 Å². The van der Waals surface area contributed by atoms with Crippen molar-refractivity contribution < 1.29 is 14.3 Å². The number of benzene rings is 1. The molecule has 0 unspecified atom stereocenters. The molecule has 1 aromatic carbocycles. The predicted octanol–water partition coefficient (Wildman–Crippen LogP) is 1.99. The summed E-state index contributed by atoms with van der Waals surface area (Å²) in [4.78, 5) is 27.6. The van der Waals surface area contributed by atoms with Crippen LogP contribution in [0.5, 0.6) is 5.75 Å². The Labute approximate surface area is 146 Å². The number of hydrogen-bond acceptors (Lipinski definition) is 4. The van der Waals surface area contributed by atoms with E-state index in [0.29, 0.717) is 24.5 Å². The third-order valence-electron chi connectivity index (χ3n) is 4.07. The van der Waals surface area contributed by atoms with E-state index >= 15 is 0 Å². The minimum Gasteiger partial charge on any atom is -0.492 e. The van der Waals surface area contributed by atoms with Gasteiger partial charge in [-0.05, 0) is 37.1 Å². The quantitative estimate of drug-likeness (QED) is 0.786. The van der Waals surface area contributed by atoms with Crippen molar-refractivity contribution in [2.75, 3.05) is 18.5 Å². The van der Waals surface area contributed by atoms with Gasteiger partial charge in [0.1, 0.15) is 24.0 Å². The molecule has 0 aliphatic carbocycles. The summed E-state index contributed by atoms with van der Waals surface area (Å²) in [6.07, 6.45) is 4.93. The van der Waals surface area contributed by atoms with Crippen molar-refractivity contribution in [1.29, 1.82) is 0 Å². The van der Waals surface area contributed by atoms with Gasteiger partial charge in [-0.3, -0.25) is 9.59 Å². The second-order valence-corrected chi connectivity index (χ2v) is 5.98. The van der Waals surface area contributed by atoms with Gasteiger partial charge in [0.05, 0.1) is 12.7 Å². The van der Waals surface area contributed by atoms with Gasteiger partial charge < -0.3 is 19.9 Å². The minimum atomic E-state index is -0.168. The van der Waals surface area contributed by atoms with Gasteiger partial charge in [-0.15, -0.1) is 0 Å². The molecule has 1 aromatic heterocycles. The summed E-state index contributed by atoms with van der Waals surface area (Å²) in [6, 6.07) is 6.93. The summed E-state index contributed by atoms with van der Waals surface area (Å²) in [5.41, 5.74) is 0.556. The first-order valence-corrected chi connectivity index (χ1v) is 8.46. The van der Waals surface area contributed by atoms with Gasteiger partial charge in [0.25, 0.3) is 5.91 Å². The number of rotatable bonds is 6. The van der Waals surface area contributed by atoms with Gasteiger partial charge in [0.2, 0.25) is 5.91 Å². The monoisotopic (exact) mass is 342 g/mol. The Morgan fingerprint density at radius 3 is 2.80 bits per heavy atom. The first kappa shape index (κ1) is 17.0. The van der Waals surface area contributed by atoms with Gasteiger partial charge >= 0.3 is 0 Å². The number of aromatic nitrogens is 2. The number of fused-ring (bicyclic) bond motifs is 1. The maximum absolute atomic E-state index is 12.4. The smallest absolute Gasteiger partial charge is 0.256 e. The maximum atomic E-state index is 12.4. The zero-order chi connectivity index (χ0) is 17.6. The van der Waals surface area contributed by atoms with Crippen LogP contribution in [-0.4, -0.2) is 34.5 Å². The van der Waals surface area contributed by atoms with Crippen molar-refractivity contribution >= 4 is 17.6 Å². The highest BCUT2D eigenvalue weighted by atomic mass is 16.5. The normalized spacial score (nSPS) is 13.0. The van der Waals surface area contributed by atoms with E-state index in [0.717, 1.165) is 37.4 Å². The van der Waals surface area contributed by atoms with E-state index in [1.54, 1.807) is 30.5 Å². The molecule has 2 aromatic rings. The van der Waals surface area contributed by atoms with Crippen LogP contribution < -0.4 is 15.4 Å². The van der Waals surface area contributed by atoms with E-state index in [2.05, 4.69) is 20.2 Å². The average molecular weight is 342 g/mol. The van der Waals surface area contributed by atoms with Crippen LogP contribution in [0.4, 0.5) is 5.82 Å². The molecule has 0 atom stereocenters. The van der Waals surface area contributed by atoms with Gasteiger partial charge in [-0.25, -0.2) is 4.98 Å². The highest BCUT2D eigenvalue weighted by Crippen LogP contribution is 2.20. The van der Waals surface area contributed by atoms with E-state index in [1.165, 1.54) is 6.92 Å². The highest BCUT2D eigenvalue weighted by molar-refractivity contribution is 6.03. The minimum absolute atomic E-state index is 0.0855. The van der Waals surface area contributed by atoms with Gasteiger partial charge in [0.15, 0.2) is 0 Å². The molecule has 3 rings (SSSR count). The maximum Gasteiger partial charge on any atom is 0.256 e. The van der Waals surface area contributed by atoms with Crippen LogP contribution in [0.3, 0.4) is 0 Å². The summed E-state index contributed by atoms with van der Waals surface area (Å²) in [7, 11) is 0. The Kier molecular flexibility index (Phi) is 5.33. The highest BCUT2D eigenvalue weighted by Gasteiger charge is 2.16. The zero-order valence-corrected chi connectivity index (χ0v) is 14.2. The van der Waals surface area contributed by atoms with Crippen molar-refractivity contribution in [3.05, 3.63) is 41.9 Å². The largest absolute Gasteiger partial charge is 0.492 e. The Morgan fingerprint density at radius 1 is 1.24 bits per heavy atom. The van der Waals surface area contributed by atoms with Crippen LogP contribution in [0.2, 0.25) is 0 Å². The molecular formula is C18H22N4O3. The van der Waals surface area contributed by atoms with Crippen LogP contribution in [-0.2, 0) is 17.8 Å². The van der Waals surface area contributed by atoms with Gasteiger partial charge in [-0.2, -0.15) is 0 Å². The lowest BCUT2D eigenvalue weighted by molar-refractivity contribution is -0.119. The first-order chi connectivity index (χ1) is 12.1. The third-order valence-corrected chi connectivity index (χ3v) is 4.07. The van der Waals surface area contributed by atoms with Crippen LogP contribution in [0.25, 0.3) is 0 Å². The molecule has 25 heavy (non-hydrogen) atoms. The molecule has 0 bridgehead atoms. The molecule has 2 N–H and O–H groups in total. The molecular weight excluding hydrogens is 320 g/mol. The molecule has 0 saturated carbocycles. The fraction of sp³-hybridized carbons (Fsp3) is 0.389. The van der Waals surface area contributed by atoms with Crippen LogP contribution in [0, 0.1) is 0 Å². The second kappa shape index (κ2) is 7.83. The van der Waals surface area contributed by atoms with E-state index in [1.807, 2.05) is 0 Å². The number of carbonyl (C=O) groups is 2. The molecule has 7 nitrogen and oxygen atoms in total. The number of nitrogens with one attached hydrogen (secondary N) is 2. The Bertz CT molecular complexity index is 752. The first-order valence-electron chi connectivity index (χ1n) is 8.46. The number of aryl methyl sites for hydroxylation is 1. The summed E-state index contributed by atoms with van der Waals surface area (Å²) in [5.74, 6) is 2.18. The SMILES string of the molecule is CC(=O)NCCOc1ccc(C(=O)Nc2cnc3n2CCCC3)cc1. The fourth-order valence-corrected chi connectivity index (χ4v) is 2.80. The van der Waals surface area contributed by atoms with E-state index < -0.39 is 0 Å². The Balaban J connectivity index is 1.56. The lowest BCUT2D eigenvalue weighted by Gasteiger charge is -2.16. The number of carbonyl (C=O) groups excluding carboxylic acids is 2. The van der Waals surface area contributed by atoms with Crippen LogP contribution in [0.1, 0.15) is 35.9 Å². The molecule has 2 amide bonds.